The minimum atomic E-state index is -3.78. The number of hydrogen-bond donors (Lipinski definition) is 1. The Morgan fingerprint density at radius 2 is 2.10 bits per heavy atom. The number of nitrogens with zero attached hydrogens (tertiary/aromatic N) is 4. The summed E-state index contributed by atoms with van der Waals surface area (Å²) in [5, 5.41) is 1.34. The molecule has 3 aromatic rings. The van der Waals surface area contributed by atoms with Gasteiger partial charge >= 0.3 is 0 Å². The number of aromatic nitrogens is 2. The molecule has 7 nitrogen and oxygen atoms in total. The van der Waals surface area contributed by atoms with Crippen molar-refractivity contribution in [2.75, 3.05) is 29.8 Å². The van der Waals surface area contributed by atoms with Gasteiger partial charge in [0.15, 0.2) is 0 Å². The lowest BCUT2D eigenvalue weighted by molar-refractivity contribution is 0.326. The van der Waals surface area contributed by atoms with Crippen molar-refractivity contribution in [2.45, 2.75) is 23.9 Å². The Morgan fingerprint density at radius 3 is 2.81 bits per heavy atom. The lowest BCUT2D eigenvalue weighted by atomic mass is 10.2. The van der Waals surface area contributed by atoms with Gasteiger partial charge in [-0.15, -0.1) is 0 Å². The van der Waals surface area contributed by atoms with E-state index in [2.05, 4.69) is 29.9 Å². The second kappa shape index (κ2) is 9.30. The van der Waals surface area contributed by atoms with Crippen LogP contribution in [0.15, 0.2) is 53.7 Å². The number of likely N-dealkylation sites (tertiary alicyclic amines) is 1. The summed E-state index contributed by atoms with van der Waals surface area (Å²) in [5.74, 6) is 0. The monoisotopic (exact) mass is 497 g/mol. The molecule has 31 heavy (non-hydrogen) atoms. The van der Waals surface area contributed by atoms with E-state index in [1.807, 2.05) is 25.2 Å². The Labute approximate surface area is 195 Å². The van der Waals surface area contributed by atoms with E-state index in [9.17, 15) is 8.42 Å². The Kier molecular flexibility index (Phi) is 6.68. The molecule has 0 unspecified atom stereocenters. The third-order valence-corrected chi connectivity index (χ3v) is 7.87. The minimum Gasteiger partial charge on any atom is -0.369 e. The summed E-state index contributed by atoms with van der Waals surface area (Å²) in [6.45, 7) is 2.70. The number of hydrogen-bond acceptors (Lipinski definition) is 7. The van der Waals surface area contributed by atoms with Crippen molar-refractivity contribution in [1.29, 1.82) is 0 Å². The molecule has 0 saturated carbocycles. The van der Waals surface area contributed by atoms with Gasteiger partial charge in [0.05, 0.1) is 15.6 Å². The smallest absolute Gasteiger partial charge is 0.263 e. The van der Waals surface area contributed by atoms with E-state index in [1.54, 1.807) is 12.1 Å². The lowest BCUT2D eigenvalue weighted by Crippen LogP contribution is -2.34. The van der Waals surface area contributed by atoms with Crippen LogP contribution in [0.2, 0.25) is 10.0 Å². The summed E-state index contributed by atoms with van der Waals surface area (Å²) < 4.78 is 31.3. The zero-order chi connectivity index (χ0) is 22.0. The Bertz CT molecular complexity index is 1160. The molecule has 164 valence electrons. The number of benzene rings is 2. The van der Waals surface area contributed by atoms with Gasteiger partial charge in [0.25, 0.3) is 10.0 Å². The van der Waals surface area contributed by atoms with E-state index >= 15 is 0 Å². The van der Waals surface area contributed by atoms with Crippen molar-refractivity contribution in [2.24, 2.45) is 0 Å². The highest BCUT2D eigenvalue weighted by Crippen LogP contribution is 2.32. The Hall–Kier alpha value is -1.91. The molecule has 1 fully saturated rings. The highest BCUT2D eigenvalue weighted by atomic mass is 35.5. The molecule has 4 rings (SSSR count). The molecule has 1 N–H and O–H groups in total. The SMILES string of the molecule is CN(c1ccc(S(=O)(=O)Nc2ncns2)cc1Cl)[C@H]1CCN(Cc2cccc(Cl)c2)C1. The second-order valence-electron chi connectivity index (χ2n) is 7.38. The molecule has 11 heteroatoms. The fraction of sp³-hybridized carbons (Fsp3) is 0.300. The summed E-state index contributed by atoms with van der Waals surface area (Å²) in [7, 11) is -1.79. The predicted molar refractivity (Wildman–Crippen MR) is 126 cm³/mol. The molecule has 2 heterocycles. The van der Waals surface area contributed by atoms with Gasteiger partial charge in [-0.2, -0.15) is 4.37 Å². The predicted octanol–water partition coefficient (Wildman–Crippen LogP) is 4.36. The molecule has 1 atom stereocenters. The fourth-order valence-corrected chi connectivity index (χ4v) is 5.97. The maximum atomic E-state index is 12.6. The summed E-state index contributed by atoms with van der Waals surface area (Å²) in [5.41, 5.74) is 1.98. The van der Waals surface area contributed by atoms with Crippen molar-refractivity contribution in [3.8, 4) is 0 Å². The van der Waals surface area contributed by atoms with E-state index in [0.29, 0.717) is 5.02 Å². The Morgan fingerprint density at radius 1 is 1.26 bits per heavy atom. The van der Waals surface area contributed by atoms with Crippen LogP contribution in [-0.2, 0) is 16.6 Å². The molecule has 0 spiro atoms. The van der Waals surface area contributed by atoms with E-state index < -0.39 is 10.0 Å². The first-order valence-corrected chi connectivity index (χ1v) is 12.6. The number of halogens is 2. The standard InChI is InChI=1S/C20H21Cl2N5O2S2/c1-26(16-7-8-27(12-16)11-14-3-2-4-15(21)9-14)19-6-5-17(10-18(19)22)31(28,29)25-20-23-13-24-30-20/h2-6,9-10,13,16H,7-8,11-12H2,1H3,(H,23,24,25)/t16-/m0/s1. The molecule has 0 radical (unpaired) electrons. The van der Waals surface area contributed by atoms with Crippen molar-refractivity contribution in [3.63, 3.8) is 0 Å². The van der Waals surface area contributed by atoms with Crippen LogP contribution < -0.4 is 9.62 Å². The van der Waals surface area contributed by atoms with Gasteiger partial charge in [-0.1, -0.05) is 35.3 Å². The third-order valence-electron chi connectivity index (χ3n) is 5.28. The largest absolute Gasteiger partial charge is 0.369 e. The second-order valence-corrected chi connectivity index (χ2v) is 10.7. The molecule has 1 aromatic heterocycles. The molecule has 1 aliphatic rings. The summed E-state index contributed by atoms with van der Waals surface area (Å²) in [4.78, 5) is 8.44. The van der Waals surface area contributed by atoms with Crippen LogP contribution in [-0.4, -0.2) is 48.9 Å². The van der Waals surface area contributed by atoms with Gasteiger partial charge in [-0.25, -0.2) is 13.4 Å². The van der Waals surface area contributed by atoms with Gasteiger partial charge in [-0.05, 0) is 42.3 Å². The van der Waals surface area contributed by atoms with E-state index in [-0.39, 0.29) is 16.1 Å². The Balaban J connectivity index is 1.43. The minimum absolute atomic E-state index is 0.0823. The molecule has 1 aliphatic heterocycles. The zero-order valence-electron chi connectivity index (χ0n) is 16.7. The number of sulfonamides is 1. The van der Waals surface area contributed by atoms with Crippen molar-refractivity contribution in [1.82, 2.24) is 14.3 Å². The van der Waals surface area contributed by atoms with E-state index in [1.165, 1.54) is 18.0 Å². The summed E-state index contributed by atoms with van der Waals surface area (Å²) in [6.07, 6.45) is 2.29. The van der Waals surface area contributed by atoms with Crippen molar-refractivity contribution < 1.29 is 8.42 Å². The highest BCUT2D eigenvalue weighted by Gasteiger charge is 2.27. The lowest BCUT2D eigenvalue weighted by Gasteiger charge is -2.28. The average molecular weight is 498 g/mol. The molecule has 0 amide bonds. The zero-order valence-corrected chi connectivity index (χ0v) is 19.8. The highest BCUT2D eigenvalue weighted by molar-refractivity contribution is 7.93. The molecule has 0 bridgehead atoms. The van der Waals surface area contributed by atoms with Crippen LogP contribution in [0.1, 0.15) is 12.0 Å². The molecule has 2 aromatic carbocycles. The van der Waals surface area contributed by atoms with Crippen LogP contribution in [0, 0.1) is 0 Å². The topological polar surface area (TPSA) is 78.4 Å². The number of rotatable bonds is 7. The molecular weight excluding hydrogens is 477 g/mol. The van der Waals surface area contributed by atoms with Crippen LogP contribution >= 0.6 is 34.7 Å². The number of nitrogens with one attached hydrogen (secondary N) is 1. The van der Waals surface area contributed by atoms with Crippen LogP contribution in [0.4, 0.5) is 10.8 Å². The van der Waals surface area contributed by atoms with Crippen LogP contribution in [0.25, 0.3) is 0 Å². The quantitative estimate of drug-likeness (QED) is 0.522. The van der Waals surface area contributed by atoms with Crippen LogP contribution in [0.5, 0.6) is 0 Å². The molecular formula is C20H21Cl2N5O2S2. The van der Waals surface area contributed by atoms with Crippen molar-refractivity contribution in [3.05, 3.63) is 64.4 Å². The van der Waals surface area contributed by atoms with Gasteiger partial charge in [0, 0.05) is 49.3 Å². The normalized spacial score (nSPS) is 17.1. The van der Waals surface area contributed by atoms with E-state index in [0.717, 1.165) is 48.3 Å². The van der Waals surface area contributed by atoms with Gasteiger partial charge in [0.2, 0.25) is 5.13 Å². The fourth-order valence-electron chi connectivity index (χ4n) is 3.69. The molecule has 0 aliphatic carbocycles. The van der Waals surface area contributed by atoms with E-state index in [4.69, 9.17) is 23.2 Å². The van der Waals surface area contributed by atoms with Gasteiger partial charge in [-0.3, -0.25) is 9.62 Å². The van der Waals surface area contributed by atoms with Gasteiger partial charge in [0.1, 0.15) is 6.33 Å². The number of anilines is 2. The molecule has 1 saturated heterocycles. The van der Waals surface area contributed by atoms with Crippen LogP contribution in [0.3, 0.4) is 0 Å². The maximum Gasteiger partial charge on any atom is 0.263 e. The summed E-state index contributed by atoms with van der Waals surface area (Å²) >= 11 is 13.6. The number of likely N-dealkylation sites (N-methyl/N-ethyl adjacent to an activating group) is 1. The maximum absolute atomic E-state index is 12.6. The first kappa shape index (κ1) is 22.3. The first-order chi connectivity index (χ1) is 14.8. The summed E-state index contributed by atoms with van der Waals surface area (Å²) in [6, 6.07) is 13.0. The first-order valence-electron chi connectivity index (χ1n) is 9.60. The average Bonchev–Trinajstić information content (AvgIpc) is 3.39. The van der Waals surface area contributed by atoms with Gasteiger partial charge < -0.3 is 4.90 Å². The van der Waals surface area contributed by atoms with Crippen molar-refractivity contribution >= 4 is 55.6 Å². The third kappa shape index (κ3) is 5.30.